The number of nitrogens with two attached hydrogens (primary N) is 2. The second kappa shape index (κ2) is 13.6. The van der Waals surface area contributed by atoms with Crippen LogP contribution < -0.4 is 22.1 Å². The third-order valence-corrected chi connectivity index (χ3v) is 7.17. The zero-order valence-corrected chi connectivity index (χ0v) is 22.6. The number of benzene rings is 3. The number of nitrogens with zero attached hydrogens (tertiary/aromatic N) is 1. The summed E-state index contributed by atoms with van der Waals surface area (Å²) in [5.74, 6) is -2.03. The van der Waals surface area contributed by atoms with Gasteiger partial charge in [-0.25, -0.2) is 0 Å². The summed E-state index contributed by atoms with van der Waals surface area (Å²) < 4.78 is 0. The highest BCUT2D eigenvalue weighted by atomic mass is 16.3. The van der Waals surface area contributed by atoms with E-state index in [0.717, 1.165) is 11.1 Å². The van der Waals surface area contributed by atoms with E-state index in [2.05, 4.69) is 10.6 Å². The molecule has 0 unspecified atom stereocenters. The van der Waals surface area contributed by atoms with Crippen LogP contribution in [-0.2, 0) is 32.0 Å². The molecule has 214 valence electrons. The smallest absolute Gasteiger partial charge is 0.244 e. The van der Waals surface area contributed by atoms with Gasteiger partial charge in [0.05, 0.1) is 6.04 Å². The number of carbonyl (C=O) groups is 4. The number of amides is 4. The molecule has 3 aromatic rings. The summed E-state index contributed by atoms with van der Waals surface area (Å²) >= 11 is 0. The van der Waals surface area contributed by atoms with Gasteiger partial charge in [-0.15, -0.1) is 0 Å². The molecule has 0 saturated carbocycles. The molecule has 7 N–H and O–H groups in total. The van der Waals surface area contributed by atoms with Crippen molar-refractivity contribution in [2.45, 2.75) is 49.9 Å². The Morgan fingerprint density at radius 1 is 0.854 bits per heavy atom. The van der Waals surface area contributed by atoms with Crippen molar-refractivity contribution in [3.8, 4) is 5.75 Å². The number of nitrogens with one attached hydrogen (secondary N) is 2. The Morgan fingerprint density at radius 2 is 1.46 bits per heavy atom. The lowest BCUT2D eigenvalue weighted by Gasteiger charge is -2.29. The number of phenolic OH excluding ortho intramolecular Hbond substituents is 1. The third kappa shape index (κ3) is 7.70. The molecule has 0 aromatic heterocycles. The molecule has 0 aliphatic carbocycles. The molecular formula is C31H35N5O5. The van der Waals surface area contributed by atoms with Crippen LogP contribution in [0.3, 0.4) is 0 Å². The van der Waals surface area contributed by atoms with Crippen LogP contribution in [0.2, 0.25) is 0 Å². The molecule has 1 saturated heterocycles. The maximum absolute atomic E-state index is 13.5. The fourth-order valence-electron chi connectivity index (χ4n) is 5.02. The van der Waals surface area contributed by atoms with Crippen molar-refractivity contribution >= 4 is 23.6 Å². The van der Waals surface area contributed by atoms with Gasteiger partial charge < -0.3 is 32.1 Å². The van der Waals surface area contributed by atoms with Crippen molar-refractivity contribution in [2.75, 3.05) is 6.54 Å². The summed E-state index contributed by atoms with van der Waals surface area (Å²) in [5, 5.41) is 15.0. The molecule has 1 fully saturated rings. The van der Waals surface area contributed by atoms with Gasteiger partial charge in [0.1, 0.15) is 23.9 Å². The molecule has 3 aromatic carbocycles. The van der Waals surface area contributed by atoms with Crippen LogP contribution in [0.15, 0.2) is 84.9 Å². The number of hydrogen-bond acceptors (Lipinski definition) is 6. The summed E-state index contributed by atoms with van der Waals surface area (Å²) in [5.41, 5.74) is 13.9. The average Bonchev–Trinajstić information content (AvgIpc) is 3.47. The van der Waals surface area contributed by atoms with Gasteiger partial charge in [-0.2, -0.15) is 0 Å². The molecule has 0 bridgehead atoms. The quantitative estimate of drug-likeness (QED) is 0.238. The van der Waals surface area contributed by atoms with Gasteiger partial charge in [0.25, 0.3) is 0 Å². The van der Waals surface area contributed by atoms with Crippen molar-refractivity contribution in [1.82, 2.24) is 15.5 Å². The first kappa shape index (κ1) is 29.3. The molecule has 1 aliphatic rings. The molecule has 1 heterocycles. The fourth-order valence-corrected chi connectivity index (χ4v) is 5.02. The van der Waals surface area contributed by atoms with Crippen LogP contribution in [0.5, 0.6) is 5.75 Å². The lowest BCUT2D eigenvalue weighted by molar-refractivity contribution is -0.140. The Balaban J connectivity index is 1.48. The Morgan fingerprint density at radius 3 is 2.10 bits per heavy atom. The monoisotopic (exact) mass is 557 g/mol. The van der Waals surface area contributed by atoms with Crippen molar-refractivity contribution in [3.05, 3.63) is 102 Å². The van der Waals surface area contributed by atoms with Crippen LogP contribution in [0.1, 0.15) is 35.6 Å². The molecule has 4 rings (SSSR count). The fraction of sp³-hybridized carbons (Fsp3) is 0.290. The number of hydrogen-bond donors (Lipinski definition) is 5. The minimum Gasteiger partial charge on any atom is -0.508 e. The van der Waals surface area contributed by atoms with Gasteiger partial charge in [-0.1, -0.05) is 72.8 Å². The SMILES string of the molecule is NC(=O)[C@H](NC(=O)[C@H](Cc1ccccc1)NC(=O)[C@@H]1CCCN1C(=O)[C@@H](N)Cc1ccc(O)cc1)c1ccccc1. The van der Waals surface area contributed by atoms with Crippen LogP contribution >= 0.6 is 0 Å². The van der Waals surface area contributed by atoms with Crippen molar-refractivity contribution < 1.29 is 24.3 Å². The molecular weight excluding hydrogens is 522 g/mol. The molecule has 4 amide bonds. The Kier molecular flexibility index (Phi) is 9.70. The Labute approximate surface area is 238 Å². The van der Waals surface area contributed by atoms with Gasteiger partial charge in [-0.3, -0.25) is 19.2 Å². The van der Waals surface area contributed by atoms with Gasteiger partial charge in [0.2, 0.25) is 23.6 Å². The van der Waals surface area contributed by atoms with Crippen molar-refractivity contribution in [1.29, 1.82) is 0 Å². The van der Waals surface area contributed by atoms with Gasteiger partial charge in [-0.05, 0) is 48.1 Å². The first-order valence-corrected chi connectivity index (χ1v) is 13.6. The highest BCUT2D eigenvalue weighted by molar-refractivity contribution is 5.95. The minimum absolute atomic E-state index is 0.116. The van der Waals surface area contributed by atoms with Gasteiger partial charge in [0, 0.05) is 13.0 Å². The number of carbonyl (C=O) groups excluding carboxylic acids is 4. The molecule has 1 aliphatic heterocycles. The largest absolute Gasteiger partial charge is 0.508 e. The van der Waals surface area contributed by atoms with E-state index in [9.17, 15) is 24.3 Å². The summed E-state index contributed by atoms with van der Waals surface area (Å²) in [4.78, 5) is 54.0. The highest BCUT2D eigenvalue weighted by Crippen LogP contribution is 2.21. The van der Waals surface area contributed by atoms with E-state index in [-0.39, 0.29) is 24.5 Å². The second-order valence-electron chi connectivity index (χ2n) is 10.2. The van der Waals surface area contributed by atoms with Crippen molar-refractivity contribution in [3.63, 3.8) is 0 Å². The lowest BCUT2D eigenvalue weighted by Crippen LogP contribution is -2.56. The number of likely N-dealkylation sites (tertiary alicyclic amines) is 1. The lowest BCUT2D eigenvalue weighted by atomic mass is 10.0. The highest BCUT2D eigenvalue weighted by Gasteiger charge is 2.38. The van der Waals surface area contributed by atoms with Crippen LogP contribution in [0, 0.1) is 0 Å². The number of rotatable bonds is 11. The molecule has 41 heavy (non-hydrogen) atoms. The van der Waals surface area contributed by atoms with E-state index in [1.807, 2.05) is 30.3 Å². The number of aromatic hydroxyl groups is 1. The first-order valence-electron chi connectivity index (χ1n) is 13.6. The molecule has 0 radical (unpaired) electrons. The van der Waals surface area contributed by atoms with E-state index in [1.54, 1.807) is 42.5 Å². The second-order valence-corrected chi connectivity index (χ2v) is 10.2. The van der Waals surface area contributed by atoms with E-state index in [4.69, 9.17) is 11.5 Å². The van der Waals surface area contributed by atoms with Crippen LogP contribution in [-0.4, -0.2) is 58.3 Å². The van der Waals surface area contributed by atoms with Crippen molar-refractivity contribution in [2.24, 2.45) is 11.5 Å². The minimum atomic E-state index is -1.08. The summed E-state index contributed by atoms with van der Waals surface area (Å²) in [7, 11) is 0. The summed E-state index contributed by atoms with van der Waals surface area (Å²) in [6.45, 7) is 0.369. The molecule has 4 atom stereocenters. The van der Waals surface area contributed by atoms with E-state index in [1.165, 1.54) is 17.0 Å². The Hall–Kier alpha value is -4.70. The molecule has 10 heteroatoms. The zero-order chi connectivity index (χ0) is 29.4. The molecule has 10 nitrogen and oxygen atoms in total. The molecule has 0 spiro atoms. The Bertz CT molecular complexity index is 1350. The third-order valence-electron chi connectivity index (χ3n) is 7.17. The summed E-state index contributed by atoms with van der Waals surface area (Å²) in [6.07, 6.45) is 1.46. The van der Waals surface area contributed by atoms with E-state index < -0.39 is 41.9 Å². The average molecular weight is 558 g/mol. The summed E-state index contributed by atoms with van der Waals surface area (Å²) in [6, 6.07) is 20.5. The normalized spacial score (nSPS) is 16.8. The van der Waals surface area contributed by atoms with E-state index >= 15 is 0 Å². The van der Waals surface area contributed by atoms with Crippen LogP contribution in [0.4, 0.5) is 0 Å². The van der Waals surface area contributed by atoms with E-state index in [0.29, 0.717) is 24.9 Å². The maximum atomic E-state index is 13.5. The maximum Gasteiger partial charge on any atom is 0.244 e. The first-order chi connectivity index (χ1) is 19.7. The zero-order valence-electron chi connectivity index (χ0n) is 22.6. The number of phenols is 1. The topological polar surface area (TPSA) is 168 Å². The van der Waals surface area contributed by atoms with Gasteiger partial charge in [0.15, 0.2) is 0 Å². The number of primary amides is 1. The van der Waals surface area contributed by atoms with Gasteiger partial charge >= 0.3 is 0 Å². The predicted molar refractivity (Wildman–Crippen MR) is 153 cm³/mol. The van der Waals surface area contributed by atoms with Crippen LogP contribution in [0.25, 0.3) is 0 Å². The standard InChI is InChI=1S/C31H35N5O5/c32-24(18-21-13-15-23(37)16-14-21)31(41)36-17-7-12-26(36)30(40)34-25(19-20-8-3-1-4-9-20)29(39)35-27(28(33)38)22-10-5-2-6-11-22/h1-6,8-11,13-16,24-27,37H,7,12,17-19,32H2,(H2,33,38)(H,34,40)(H,35,39)/t24-,25-,26-,27+/m0/s1. The predicted octanol–water partition coefficient (Wildman–Crippen LogP) is 1.32.